The fraction of sp³-hybridized carbons (Fsp3) is 0.389. The van der Waals surface area contributed by atoms with Crippen LogP contribution in [0.4, 0.5) is 4.79 Å². The van der Waals surface area contributed by atoms with Crippen molar-refractivity contribution in [3.63, 3.8) is 0 Å². The average Bonchev–Trinajstić information content (AvgIpc) is 3.08. The van der Waals surface area contributed by atoms with Gasteiger partial charge in [0.1, 0.15) is 6.04 Å². The Morgan fingerprint density at radius 2 is 2.00 bits per heavy atom. The summed E-state index contributed by atoms with van der Waals surface area (Å²) in [5.74, 6) is -0.393. The van der Waals surface area contributed by atoms with Gasteiger partial charge in [0, 0.05) is 19.6 Å². The van der Waals surface area contributed by atoms with Crippen LogP contribution in [0.3, 0.4) is 0 Å². The minimum atomic E-state index is -1.06. The van der Waals surface area contributed by atoms with Crippen molar-refractivity contribution in [3.8, 4) is 5.69 Å². The molecule has 1 fully saturated rings. The van der Waals surface area contributed by atoms with Gasteiger partial charge in [0.2, 0.25) is 5.91 Å². The number of nitrogens with two attached hydrogens (primary N) is 1. The van der Waals surface area contributed by atoms with Crippen molar-refractivity contribution >= 4 is 12.0 Å². The van der Waals surface area contributed by atoms with Crippen molar-refractivity contribution in [1.82, 2.24) is 19.6 Å². The highest BCUT2D eigenvalue weighted by molar-refractivity contribution is 5.82. The minimum absolute atomic E-state index is 0.150. The van der Waals surface area contributed by atoms with E-state index in [2.05, 4.69) is 5.10 Å². The van der Waals surface area contributed by atoms with Crippen molar-refractivity contribution in [1.29, 1.82) is 0 Å². The molecular formula is C18H23N5O4. The fourth-order valence-electron chi connectivity index (χ4n) is 3.31. The molecule has 0 saturated carbocycles. The Labute approximate surface area is 156 Å². The third-order valence-electron chi connectivity index (χ3n) is 4.65. The zero-order chi connectivity index (χ0) is 19.6. The molecule has 144 valence electrons. The van der Waals surface area contributed by atoms with Gasteiger partial charge in [-0.15, -0.1) is 0 Å². The third kappa shape index (κ3) is 3.79. The van der Waals surface area contributed by atoms with Gasteiger partial charge in [0.05, 0.1) is 29.7 Å². The second-order valence-electron chi connectivity index (χ2n) is 6.52. The SMILES string of the molecule is Cc1cc([C@@H]2CN(C(=O)C(N)CO)CCN2C(=O)O)n(-c2ccccc2)n1. The topological polar surface area (TPSA) is 125 Å². The largest absolute Gasteiger partial charge is 0.465 e. The average molecular weight is 373 g/mol. The molecule has 27 heavy (non-hydrogen) atoms. The van der Waals surface area contributed by atoms with Crippen molar-refractivity contribution in [2.45, 2.75) is 19.0 Å². The Kier molecular flexibility index (Phi) is 5.43. The number of aryl methyl sites for hydroxylation is 1. The molecule has 4 N–H and O–H groups in total. The summed E-state index contributed by atoms with van der Waals surface area (Å²) in [6.45, 7) is 1.92. The van der Waals surface area contributed by atoms with Gasteiger partial charge in [-0.25, -0.2) is 9.48 Å². The molecule has 1 aliphatic heterocycles. The molecule has 9 heteroatoms. The van der Waals surface area contributed by atoms with Crippen LogP contribution in [0.15, 0.2) is 36.4 Å². The number of para-hydroxylation sites is 1. The van der Waals surface area contributed by atoms with E-state index in [1.165, 1.54) is 9.80 Å². The highest BCUT2D eigenvalue weighted by atomic mass is 16.4. The first-order valence-corrected chi connectivity index (χ1v) is 8.69. The Balaban J connectivity index is 1.99. The molecule has 0 spiro atoms. The number of rotatable bonds is 4. The Hall–Kier alpha value is -2.91. The molecule has 2 atom stereocenters. The molecule has 9 nitrogen and oxygen atoms in total. The number of aliphatic hydroxyl groups excluding tert-OH is 1. The number of nitrogens with zero attached hydrogens (tertiary/aromatic N) is 4. The molecular weight excluding hydrogens is 350 g/mol. The molecule has 1 aromatic carbocycles. The summed E-state index contributed by atoms with van der Waals surface area (Å²) in [6.07, 6.45) is -1.06. The standard InChI is InChI=1S/C18H23N5O4/c1-12-9-15(23(20-12)13-5-3-2-4-6-13)16-10-21(17(25)14(19)11-24)7-8-22(16)18(26)27/h2-6,9,14,16,24H,7-8,10-11,19H2,1H3,(H,26,27)/t14?,16-/m0/s1. The number of piperazine rings is 1. The summed E-state index contributed by atoms with van der Waals surface area (Å²) in [5.41, 5.74) is 7.89. The lowest BCUT2D eigenvalue weighted by molar-refractivity contribution is -0.136. The molecule has 1 aliphatic rings. The predicted molar refractivity (Wildman–Crippen MR) is 97.4 cm³/mol. The molecule has 0 bridgehead atoms. The van der Waals surface area contributed by atoms with Crippen LogP contribution in [0.5, 0.6) is 0 Å². The molecule has 0 radical (unpaired) electrons. The number of carbonyl (C=O) groups is 2. The molecule has 2 heterocycles. The maximum absolute atomic E-state index is 12.4. The van der Waals surface area contributed by atoms with E-state index in [1.807, 2.05) is 43.3 Å². The molecule has 1 saturated heterocycles. The van der Waals surface area contributed by atoms with Crippen LogP contribution in [0.1, 0.15) is 17.4 Å². The van der Waals surface area contributed by atoms with Crippen LogP contribution in [0.2, 0.25) is 0 Å². The molecule has 1 aromatic heterocycles. The summed E-state index contributed by atoms with van der Waals surface area (Å²) in [7, 11) is 0. The van der Waals surface area contributed by atoms with Gasteiger partial charge < -0.3 is 20.8 Å². The second kappa shape index (κ2) is 7.77. The van der Waals surface area contributed by atoms with Crippen molar-refractivity contribution in [2.24, 2.45) is 5.73 Å². The van der Waals surface area contributed by atoms with Crippen LogP contribution in [0.25, 0.3) is 5.69 Å². The maximum atomic E-state index is 12.4. The van der Waals surface area contributed by atoms with Crippen molar-refractivity contribution in [2.75, 3.05) is 26.2 Å². The van der Waals surface area contributed by atoms with Gasteiger partial charge in [-0.3, -0.25) is 9.69 Å². The lowest BCUT2D eigenvalue weighted by Gasteiger charge is -2.40. The van der Waals surface area contributed by atoms with E-state index >= 15 is 0 Å². The summed E-state index contributed by atoms with van der Waals surface area (Å²) < 4.78 is 1.70. The number of aromatic nitrogens is 2. The summed E-state index contributed by atoms with van der Waals surface area (Å²) in [6, 6.07) is 9.64. The van der Waals surface area contributed by atoms with E-state index in [-0.39, 0.29) is 19.6 Å². The van der Waals surface area contributed by atoms with Gasteiger partial charge in [-0.2, -0.15) is 5.10 Å². The monoisotopic (exact) mass is 373 g/mol. The molecule has 1 unspecified atom stereocenters. The van der Waals surface area contributed by atoms with E-state index in [0.717, 1.165) is 11.4 Å². The highest BCUT2D eigenvalue weighted by Crippen LogP contribution is 2.28. The van der Waals surface area contributed by atoms with E-state index in [4.69, 9.17) is 10.8 Å². The Morgan fingerprint density at radius 3 is 2.63 bits per heavy atom. The predicted octanol–water partition coefficient (Wildman–Crippen LogP) is 0.364. The summed E-state index contributed by atoms with van der Waals surface area (Å²) >= 11 is 0. The fourth-order valence-corrected chi connectivity index (χ4v) is 3.31. The number of amides is 2. The van der Waals surface area contributed by atoms with E-state index in [0.29, 0.717) is 5.69 Å². The number of carboxylic acid groups (broad SMARTS) is 1. The Morgan fingerprint density at radius 1 is 1.30 bits per heavy atom. The zero-order valence-electron chi connectivity index (χ0n) is 15.0. The Bertz CT molecular complexity index is 822. The molecule has 3 rings (SSSR count). The van der Waals surface area contributed by atoms with Crippen LogP contribution in [-0.4, -0.2) is 74.1 Å². The van der Waals surface area contributed by atoms with E-state index in [1.54, 1.807) is 4.68 Å². The number of benzene rings is 1. The van der Waals surface area contributed by atoms with Gasteiger partial charge in [-0.1, -0.05) is 18.2 Å². The van der Waals surface area contributed by atoms with Gasteiger partial charge >= 0.3 is 6.09 Å². The van der Waals surface area contributed by atoms with Crippen LogP contribution >= 0.6 is 0 Å². The second-order valence-corrected chi connectivity index (χ2v) is 6.52. The highest BCUT2D eigenvalue weighted by Gasteiger charge is 2.36. The van der Waals surface area contributed by atoms with Gasteiger partial charge in [0.15, 0.2) is 0 Å². The maximum Gasteiger partial charge on any atom is 0.407 e. The first kappa shape index (κ1) is 18.9. The quantitative estimate of drug-likeness (QED) is 0.711. The molecule has 2 aromatic rings. The minimum Gasteiger partial charge on any atom is -0.465 e. The number of aliphatic hydroxyl groups is 1. The lowest BCUT2D eigenvalue weighted by Crippen LogP contribution is -2.56. The normalized spacial score (nSPS) is 18.4. The van der Waals surface area contributed by atoms with Crippen LogP contribution in [-0.2, 0) is 4.79 Å². The number of carbonyl (C=O) groups excluding carboxylic acids is 1. The van der Waals surface area contributed by atoms with E-state index < -0.39 is 30.7 Å². The van der Waals surface area contributed by atoms with Gasteiger partial charge in [-0.05, 0) is 25.1 Å². The van der Waals surface area contributed by atoms with Crippen molar-refractivity contribution in [3.05, 3.63) is 47.8 Å². The summed E-state index contributed by atoms with van der Waals surface area (Å²) in [5, 5.41) is 23.3. The third-order valence-corrected chi connectivity index (χ3v) is 4.65. The number of hydrogen-bond donors (Lipinski definition) is 3. The molecule has 0 aliphatic carbocycles. The first-order valence-electron chi connectivity index (χ1n) is 8.69. The van der Waals surface area contributed by atoms with Crippen LogP contribution in [0, 0.1) is 6.92 Å². The smallest absolute Gasteiger partial charge is 0.407 e. The summed E-state index contributed by atoms with van der Waals surface area (Å²) in [4.78, 5) is 27.0. The van der Waals surface area contributed by atoms with Crippen LogP contribution < -0.4 is 5.73 Å². The first-order chi connectivity index (χ1) is 12.9. The lowest BCUT2D eigenvalue weighted by atomic mass is 10.1. The van der Waals surface area contributed by atoms with Crippen molar-refractivity contribution < 1.29 is 19.8 Å². The van der Waals surface area contributed by atoms with E-state index in [9.17, 15) is 14.7 Å². The van der Waals surface area contributed by atoms with Gasteiger partial charge in [0.25, 0.3) is 0 Å². The zero-order valence-corrected chi connectivity index (χ0v) is 15.0. The molecule has 2 amide bonds. The number of hydrogen-bond acceptors (Lipinski definition) is 5.